The summed E-state index contributed by atoms with van der Waals surface area (Å²) < 4.78 is 42.7. The Bertz CT molecular complexity index is 2040. The molecule has 2 N–H and O–H groups in total. The van der Waals surface area contributed by atoms with Crippen LogP contribution in [0.1, 0.15) is 153 Å². The molecule has 1 saturated carbocycles. The predicted octanol–water partition coefficient (Wildman–Crippen LogP) is 9.85. The van der Waals surface area contributed by atoms with Crippen LogP contribution in [0, 0.1) is 11.8 Å². The molecule has 15 heteroatoms. The van der Waals surface area contributed by atoms with Crippen molar-refractivity contribution in [3.8, 4) is 0 Å². The Morgan fingerprint density at radius 2 is 1.54 bits per heavy atom. The summed E-state index contributed by atoms with van der Waals surface area (Å²) in [5.41, 5.74) is 0.579. The van der Waals surface area contributed by atoms with Gasteiger partial charge in [0.1, 0.15) is 12.2 Å². The van der Waals surface area contributed by atoms with E-state index in [9.17, 15) is 32.7 Å². The molecule has 3 heterocycles. The summed E-state index contributed by atoms with van der Waals surface area (Å²) in [7, 11) is 0. The van der Waals surface area contributed by atoms with E-state index in [2.05, 4.69) is 23.4 Å². The minimum atomic E-state index is -4.59. The molecule has 2 amide bonds. The van der Waals surface area contributed by atoms with Gasteiger partial charge in [0.25, 0.3) is 5.56 Å². The first-order chi connectivity index (χ1) is 29.4. The second-order valence-electron chi connectivity index (χ2n) is 17.4. The number of rotatable bonds is 24. The summed E-state index contributed by atoms with van der Waals surface area (Å²) in [6, 6.07) is 2.73. The zero-order valence-corrected chi connectivity index (χ0v) is 36.8. The average molecular weight is 873 g/mol. The number of carbonyl (C=O) groups excluding carboxylic acids is 2. The largest absolute Gasteiger partial charge is 0.416 e. The molecule has 11 nitrogen and oxygen atoms in total. The van der Waals surface area contributed by atoms with Crippen LogP contribution in [0.3, 0.4) is 0 Å². The number of nitrogens with one attached hydrogen (secondary N) is 1. The van der Waals surface area contributed by atoms with E-state index in [0.29, 0.717) is 68.1 Å². The number of allylic oxidation sites excluding steroid dienone is 2. The lowest BCUT2D eigenvalue weighted by Crippen LogP contribution is -2.51. The monoisotopic (exact) mass is 871 g/mol. The molecule has 61 heavy (non-hydrogen) atoms. The molecule has 1 aliphatic heterocycles. The highest BCUT2D eigenvalue weighted by atomic mass is 35.5. The molecule has 0 bridgehead atoms. The van der Waals surface area contributed by atoms with Crippen LogP contribution in [0.2, 0.25) is 5.02 Å². The fourth-order valence-electron chi connectivity index (χ4n) is 9.04. The summed E-state index contributed by atoms with van der Waals surface area (Å²) in [6.45, 7) is 5.26. The number of amides is 2. The number of fused-ring (bicyclic) bond motifs is 2. The molecule has 0 radical (unpaired) electrons. The van der Waals surface area contributed by atoms with Gasteiger partial charge in [-0.15, -0.1) is 5.10 Å². The maximum atomic E-state index is 14.3. The van der Waals surface area contributed by atoms with Crippen LogP contribution >= 0.6 is 11.6 Å². The zero-order chi connectivity index (χ0) is 43.5. The highest BCUT2D eigenvalue weighted by molar-refractivity contribution is 6.33. The third-order valence-corrected chi connectivity index (χ3v) is 13.0. The minimum Gasteiger partial charge on any atom is -0.393 e. The molecule has 3 atom stereocenters. The average Bonchev–Trinajstić information content (AvgIpc) is 3.58. The maximum Gasteiger partial charge on any atom is 0.416 e. The van der Waals surface area contributed by atoms with Crippen LogP contribution in [-0.4, -0.2) is 73.3 Å². The Labute approximate surface area is 363 Å². The molecule has 3 unspecified atom stereocenters. The van der Waals surface area contributed by atoms with Crippen molar-refractivity contribution in [1.82, 2.24) is 24.1 Å². The van der Waals surface area contributed by atoms with Crippen molar-refractivity contribution in [1.29, 1.82) is 0 Å². The topological polar surface area (TPSA) is 125 Å². The number of hydrogen-bond acceptors (Lipinski definition) is 7. The van der Waals surface area contributed by atoms with E-state index < -0.39 is 23.8 Å². The number of carbonyl (C=O) groups is 2. The number of halogens is 4. The number of nitrogens with zero attached hydrogens (tertiary/aromatic N) is 6. The van der Waals surface area contributed by atoms with Crippen molar-refractivity contribution >= 4 is 46.1 Å². The zero-order valence-electron chi connectivity index (χ0n) is 36.1. The van der Waals surface area contributed by atoms with Gasteiger partial charge in [-0.3, -0.25) is 14.4 Å². The molecule has 3 aliphatic rings. The van der Waals surface area contributed by atoms with E-state index in [1.54, 1.807) is 9.47 Å². The van der Waals surface area contributed by atoms with Gasteiger partial charge in [0.05, 0.1) is 34.5 Å². The second-order valence-corrected chi connectivity index (χ2v) is 17.9. The van der Waals surface area contributed by atoms with Crippen LogP contribution in [-0.2, 0) is 28.7 Å². The smallest absolute Gasteiger partial charge is 0.393 e. The fourth-order valence-corrected chi connectivity index (χ4v) is 9.27. The van der Waals surface area contributed by atoms with Crippen LogP contribution in [0.5, 0.6) is 0 Å². The summed E-state index contributed by atoms with van der Waals surface area (Å²) >= 11 is 6.17. The van der Waals surface area contributed by atoms with Gasteiger partial charge < -0.3 is 24.8 Å². The highest BCUT2D eigenvalue weighted by Gasteiger charge is 2.42. The Morgan fingerprint density at radius 1 is 0.918 bits per heavy atom. The number of anilines is 2. The normalized spacial score (nSPS) is 18.1. The van der Waals surface area contributed by atoms with Gasteiger partial charge in [0, 0.05) is 26.2 Å². The van der Waals surface area contributed by atoms with Crippen LogP contribution < -0.4 is 15.8 Å². The van der Waals surface area contributed by atoms with E-state index in [4.69, 9.17) is 16.6 Å². The number of benzene rings is 1. The number of aromatic nitrogens is 4. The quantitative estimate of drug-likeness (QED) is 0.0859. The Hall–Kier alpha value is -3.91. The Balaban J connectivity index is 1.02. The number of piperazine rings is 1. The molecule has 2 aliphatic carbocycles. The molecule has 2 aromatic heterocycles. The van der Waals surface area contributed by atoms with Crippen molar-refractivity contribution in [2.45, 2.75) is 161 Å². The van der Waals surface area contributed by atoms with E-state index >= 15 is 0 Å². The van der Waals surface area contributed by atoms with Crippen molar-refractivity contribution in [3.05, 3.63) is 56.7 Å². The third kappa shape index (κ3) is 12.6. The van der Waals surface area contributed by atoms with E-state index in [0.717, 1.165) is 55.9 Å². The van der Waals surface area contributed by atoms with Gasteiger partial charge >= 0.3 is 6.18 Å². The summed E-state index contributed by atoms with van der Waals surface area (Å²) in [4.78, 5) is 49.6. The number of aliphatic hydroxyl groups is 1. The number of alkyl halides is 3. The van der Waals surface area contributed by atoms with E-state index in [-0.39, 0.29) is 40.9 Å². The van der Waals surface area contributed by atoms with Gasteiger partial charge in [0.2, 0.25) is 17.6 Å². The lowest BCUT2D eigenvalue weighted by atomic mass is 10.0. The lowest BCUT2D eigenvalue weighted by molar-refractivity contribution is -0.137. The van der Waals surface area contributed by atoms with Crippen molar-refractivity contribution < 1.29 is 27.9 Å². The minimum absolute atomic E-state index is 0.0215. The van der Waals surface area contributed by atoms with Gasteiger partial charge in [0.15, 0.2) is 5.82 Å². The number of hydrogen-bond donors (Lipinski definition) is 2. The standard InChI is InChI=1S/C46H65ClF3N7O4/c1-3-5-6-7-8-9-10-11-12-13-14-15-16-17-18-19-36(58)30-41(60)54-22-24-55(25-23-54)42-39(4-2)56(31-40(59)51-38-21-20-35(29-37(38)47)46(48,49)50)45-52-43(53-57(45)44(42)61)34-27-32-26-33(32)28-34/h20-21,27,29,32-33,36,58H,3-19,22-26,28,30-31H2,1-2H3,(H,51,59). The van der Waals surface area contributed by atoms with Gasteiger partial charge in [-0.2, -0.15) is 22.7 Å². The molecular formula is C46H65ClF3N7O4. The molecular weight excluding hydrogens is 807 g/mol. The highest BCUT2D eigenvalue weighted by Crippen LogP contribution is 2.52. The molecule has 1 aromatic carbocycles. The number of aliphatic hydroxyl groups excluding tert-OH is 1. The molecule has 6 rings (SSSR count). The first kappa shape index (κ1) is 46.6. The second kappa shape index (κ2) is 21.9. The SMILES string of the molecule is CCCCCCCCCCCCCCCCCC(O)CC(=O)N1CCN(c2c(CC)n(CC(=O)Nc3ccc(C(F)(F)F)cc3Cl)c3nc(C4=CC5CC5C4)nn3c2=O)CC1. The Kier molecular flexibility index (Phi) is 16.8. The summed E-state index contributed by atoms with van der Waals surface area (Å²) in [5, 5.41) is 17.8. The van der Waals surface area contributed by atoms with E-state index in [1.165, 1.54) is 81.6 Å². The molecule has 336 valence electrons. The molecule has 0 spiro atoms. The summed E-state index contributed by atoms with van der Waals surface area (Å²) in [6.07, 6.45) is 18.9. The summed E-state index contributed by atoms with van der Waals surface area (Å²) in [5.74, 6) is 0.997. The lowest BCUT2D eigenvalue weighted by Gasteiger charge is -2.37. The molecule has 1 saturated heterocycles. The molecule has 3 aromatic rings. The number of unbranched alkanes of at least 4 members (excludes halogenated alkanes) is 14. The predicted molar refractivity (Wildman–Crippen MR) is 235 cm³/mol. The van der Waals surface area contributed by atoms with Crippen molar-refractivity contribution in [2.24, 2.45) is 11.8 Å². The third-order valence-electron chi connectivity index (χ3n) is 12.7. The van der Waals surface area contributed by atoms with Gasteiger partial charge in [-0.05, 0) is 61.3 Å². The molecule has 2 fully saturated rings. The van der Waals surface area contributed by atoms with E-state index in [1.807, 2.05) is 11.8 Å². The van der Waals surface area contributed by atoms with Crippen LogP contribution in [0.4, 0.5) is 24.5 Å². The Morgan fingerprint density at radius 3 is 2.10 bits per heavy atom. The first-order valence-corrected chi connectivity index (χ1v) is 23.4. The van der Waals surface area contributed by atoms with Crippen LogP contribution in [0.15, 0.2) is 29.1 Å². The van der Waals surface area contributed by atoms with Crippen LogP contribution in [0.25, 0.3) is 11.4 Å². The van der Waals surface area contributed by atoms with Gasteiger partial charge in [-0.1, -0.05) is 128 Å². The van der Waals surface area contributed by atoms with Gasteiger partial charge in [-0.25, -0.2) is 0 Å². The first-order valence-electron chi connectivity index (χ1n) is 23.0. The fraction of sp³-hybridized carbons (Fsp3) is 0.674. The van der Waals surface area contributed by atoms with Crippen molar-refractivity contribution in [3.63, 3.8) is 0 Å². The maximum absolute atomic E-state index is 14.3. The van der Waals surface area contributed by atoms with Crippen molar-refractivity contribution in [2.75, 3.05) is 36.4 Å².